The van der Waals surface area contributed by atoms with E-state index in [0.29, 0.717) is 23.8 Å². The molecule has 19 heavy (non-hydrogen) atoms. The largest absolute Gasteiger partial charge is 0.494 e. The van der Waals surface area contributed by atoms with Crippen LogP contribution in [0, 0.1) is 17.2 Å². The lowest BCUT2D eigenvalue weighted by Gasteiger charge is -2.09. The fraction of sp³-hybridized carbons (Fsp3) is 0.533. The molecule has 0 N–H and O–H groups in total. The van der Waals surface area contributed by atoms with Crippen LogP contribution in [0.25, 0.3) is 0 Å². The Morgan fingerprint density at radius 3 is 2.63 bits per heavy atom. The van der Waals surface area contributed by atoms with E-state index in [1.165, 1.54) is 0 Å². The number of rotatable bonds is 8. The van der Waals surface area contributed by atoms with Gasteiger partial charge in [-0.05, 0) is 36.6 Å². The molecule has 4 heteroatoms. The lowest BCUT2D eigenvalue weighted by Crippen LogP contribution is -2.12. The minimum absolute atomic E-state index is 0.528. The average molecular weight is 279 g/mol. The van der Waals surface area contributed by atoms with Crippen LogP contribution in [0.15, 0.2) is 24.3 Å². The topological polar surface area (TPSA) is 50.1 Å². The first-order valence-electron chi connectivity index (χ1n) is 6.63. The molecule has 0 heterocycles. The summed E-state index contributed by atoms with van der Waals surface area (Å²) in [6.07, 6.45) is 1.87. The maximum Gasteiger partial charge on any atom is 0.119 e. The van der Waals surface area contributed by atoms with Gasteiger partial charge in [0.2, 0.25) is 0 Å². The molecule has 1 aromatic carbocycles. The van der Waals surface area contributed by atoms with Gasteiger partial charge in [0.15, 0.2) is 0 Å². The van der Waals surface area contributed by atoms with Crippen molar-refractivity contribution >= 4 is 10.8 Å². The number of hydrogen-bond donors (Lipinski definition) is 0. The standard InChI is InChI=1S/C15H21NO2S/c1-3-13(2)12-19(17)10-4-9-18-15-7-5-14(11-16)6-8-15/h5-8,13H,3-4,9-10,12H2,1-2H3. The number of nitriles is 1. The highest BCUT2D eigenvalue weighted by molar-refractivity contribution is 7.84. The molecule has 0 fully saturated rings. The fourth-order valence-corrected chi connectivity index (χ4v) is 3.03. The van der Waals surface area contributed by atoms with Gasteiger partial charge >= 0.3 is 0 Å². The molecule has 2 unspecified atom stereocenters. The second-order valence-corrected chi connectivity index (χ2v) is 6.28. The summed E-state index contributed by atoms with van der Waals surface area (Å²) in [5.41, 5.74) is 0.627. The number of ether oxygens (including phenoxy) is 1. The van der Waals surface area contributed by atoms with Crippen molar-refractivity contribution in [1.82, 2.24) is 0 Å². The predicted octanol–water partition coefficient (Wildman–Crippen LogP) is 3.12. The van der Waals surface area contributed by atoms with Gasteiger partial charge in [0.25, 0.3) is 0 Å². The highest BCUT2D eigenvalue weighted by atomic mass is 32.2. The zero-order valence-electron chi connectivity index (χ0n) is 11.6. The third kappa shape index (κ3) is 6.40. The van der Waals surface area contributed by atoms with E-state index in [-0.39, 0.29) is 0 Å². The van der Waals surface area contributed by atoms with Crippen molar-refractivity contribution < 1.29 is 8.95 Å². The summed E-state index contributed by atoms with van der Waals surface area (Å²) in [4.78, 5) is 0. The van der Waals surface area contributed by atoms with Gasteiger partial charge in [-0.25, -0.2) is 0 Å². The molecule has 104 valence electrons. The zero-order chi connectivity index (χ0) is 14.1. The number of benzene rings is 1. The van der Waals surface area contributed by atoms with Gasteiger partial charge in [-0.2, -0.15) is 5.26 Å². The summed E-state index contributed by atoms with van der Waals surface area (Å²) in [5, 5.41) is 8.67. The monoisotopic (exact) mass is 279 g/mol. The van der Waals surface area contributed by atoms with E-state index in [0.717, 1.165) is 24.3 Å². The van der Waals surface area contributed by atoms with Crippen LogP contribution in [0.2, 0.25) is 0 Å². The Kier molecular flexibility index (Phi) is 7.20. The summed E-state index contributed by atoms with van der Waals surface area (Å²) in [5.74, 6) is 2.76. The Morgan fingerprint density at radius 2 is 2.05 bits per heavy atom. The predicted molar refractivity (Wildman–Crippen MR) is 78.6 cm³/mol. The maximum atomic E-state index is 11.7. The smallest absolute Gasteiger partial charge is 0.119 e. The number of hydrogen-bond acceptors (Lipinski definition) is 3. The second kappa shape index (κ2) is 8.71. The molecule has 0 amide bonds. The molecule has 0 radical (unpaired) electrons. The summed E-state index contributed by atoms with van der Waals surface area (Å²) in [7, 11) is -0.736. The first-order valence-corrected chi connectivity index (χ1v) is 8.12. The molecule has 0 aliphatic heterocycles. The van der Waals surface area contributed by atoms with Gasteiger partial charge in [0, 0.05) is 22.3 Å². The van der Waals surface area contributed by atoms with Crippen molar-refractivity contribution in [2.75, 3.05) is 18.1 Å². The van der Waals surface area contributed by atoms with Crippen LogP contribution in [0.1, 0.15) is 32.3 Å². The summed E-state index contributed by atoms with van der Waals surface area (Å²) in [6.45, 7) is 4.82. The van der Waals surface area contributed by atoms with Crippen LogP contribution < -0.4 is 4.74 Å². The molecule has 0 aromatic heterocycles. The van der Waals surface area contributed by atoms with Crippen LogP contribution in [-0.4, -0.2) is 22.3 Å². The average Bonchev–Trinajstić information content (AvgIpc) is 2.44. The van der Waals surface area contributed by atoms with Crippen molar-refractivity contribution in [3.8, 4) is 11.8 Å². The molecule has 1 rings (SSSR count). The second-order valence-electron chi connectivity index (χ2n) is 4.66. The van der Waals surface area contributed by atoms with Crippen LogP contribution >= 0.6 is 0 Å². The molecule has 0 spiro atoms. The highest BCUT2D eigenvalue weighted by Gasteiger charge is 2.05. The quantitative estimate of drug-likeness (QED) is 0.687. The highest BCUT2D eigenvalue weighted by Crippen LogP contribution is 2.12. The molecule has 2 atom stereocenters. The molecule has 0 saturated heterocycles. The third-order valence-corrected chi connectivity index (χ3v) is 4.62. The fourth-order valence-electron chi connectivity index (χ4n) is 1.55. The van der Waals surface area contributed by atoms with Crippen molar-refractivity contribution in [3.63, 3.8) is 0 Å². The molecule has 0 bridgehead atoms. The van der Waals surface area contributed by atoms with Gasteiger partial charge in [0.1, 0.15) is 5.75 Å². The van der Waals surface area contributed by atoms with E-state index < -0.39 is 10.8 Å². The van der Waals surface area contributed by atoms with Crippen LogP contribution in [-0.2, 0) is 10.8 Å². The minimum Gasteiger partial charge on any atom is -0.494 e. The summed E-state index contributed by atoms with van der Waals surface area (Å²) in [6, 6.07) is 9.10. The van der Waals surface area contributed by atoms with E-state index in [1.807, 2.05) is 0 Å². The first-order chi connectivity index (χ1) is 9.15. The van der Waals surface area contributed by atoms with Crippen molar-refractivity contribution in [1.29, 1.82) is 5.26 Å². The number of nitrogens with zero attached hydrogens (tertiary/aromatic N) is 1. The van der Waals surface area contributed by atoms with Crippen molar-refractivity contribution in [2.24, 2.45) is 5.92 Å². The first kappa shape index (κ1) is 15.7. The van der Waals surface area contributed by atoms with E-state index in [4.69, 9.17) is 10.00 Å². The Bertz CT molecular complexity index is 436. The molecule has 3 nitrogen and oxygen atoms in total. The lowest BCUT2D eigenvalue weighted by molar-refractivity contribution is 0.318. The van der Waals surface area contributed by atoms with E-state index in [1.54, 1.807) is 24.3 Å². The van der Waals surface area contributed by atoms with E-state index >= 15 is 0 Å². The Labute approximate surface area is 118 Å². The maximum absolute atomic E-state index is 11.7. The SMILES string of the molecule is CCC(C)CS(=O)CCCOc1ccc(C#N)cc1. The molecule has 0 saturated carbocycles. The summed E-state index contributed by atoms with van der Waals surface area (Å²) >= 11 is 0. The molecular formula is C15H21NO2S. The molecule has 0 aliphatic rings. The Hall–Kier alpha value is -1.34. The van der Waals surface area contributed by atoms with Gasteiger partial charge in [0.05, 0.1) is 18.2 Å². The van der Waals surface area contributed by atoms with Gasteiger partial charge < -0.3 is 4.74 Å². The molecular weight excluding hydrogens is 258 g/mol. The van der Waals surface area contributed by atoms with E-state index in [9.17, 15) is 4.21 Å². The van der Waals surface area contributed by atoms with Gasteiger partial charge in [-0.15, -0.1) is 0 Å². The van der Waals surface area contributed by atoms with Crippen LogP contribution in [0.5, 0.6) is 5.75 Å². The molecule has 1 aromatic rings. The normalized spacial score (nSPS) is 13.5. The lowest BCUT2D eigenvalue weighted by atomic mass is 10.2. The summed E-state index contributed by atoms with van der Waals surface area (Å²) < 4.78 is 17.3. The van der Waals surface area contributed by atoms with E-state index in [2.05, 4.69) is 19.9 Å². The van der Waals surface area contributed by atoms with Crippen LogP contribution in [0.4, 0.5) is 0 Å². The Balaban J connectivity index is 2.20. The minimum atomic E-state index is -0.736. The zero-order valence-corrected chi connectivity index (χ0v) is 12.4. The van der Waals surface area contributed by atoms with Crippen molar-refractivity contribution in [2.45, 2.75) is 26.7 Å². The molecule has 0 aliphatic carbocycles. The van der Waals surface area contributed by atoms with Gasteiger partial charge in [-0.1, -0.05) is 20.3 Å². The Morgan fingerprint density at radius 1 is 1.37 bits per heavy atom. The third-order valence-electron chi connectivity index (χ3n) is 2.94. The van der Waals surface area contributed by atoms with Gasteiger partial charge in [-0.3, -0.25) is 4.21 Å². The van der Waals surface area contributed by atoms with Crippen molar-refractivity contribution in [3.05, 3.63) is 29.8 Å². The van der Waals surface area contributed by atoms with Crippen LogP contribution in [0.3, 0.4) is 0 Å².